The highest BCUT2D eigenvalue weighted by Crippen LogP contribution is 2.21. The summed E-state index contributed by atoms with van der Waals surface area (Å²) in [6, 6.07) is 8.18. The number of rotatable bonds is 12. The zero-order chi connectivity index (χ0) is 28.3. The number of benzene rings is 1. The van der Waals surface area contributed by atoms with Crippen LogP contribution < -0.4 is 5.32 Å². The van der Waals surface area contributed by atoms with E-state index in [-0.39, 0.29) is 0 Å². The van der Waals surface area contributed by atoms with E-state index >= 15 is 0 Å². The fourth-order valence-corrected chi connectivity index (χ4v) is 4.69. The van der Waals surface area contributed by atoms with Gasteiger partial charge in [0.25, 0.3) is 0 Å². The van der Waals surface area contributed by atoms with Gasteiger partial charge in [-0.25, -0.2) is 18.5 Å². The normalized spacial score (nSPS) is 15.1. The van der Waals surface area contributed by atoms with E-state index in [1.165, 1.54) is 5.57 Å². The van der Waals surface area contributed by atoms with Gasteiger partial charge in [0.2, 0.25) is 0 Å². The van der Waals surface area contributed by atoms with Crippen molar-refractivity contribution in [1.29, 1.82) is 0 Å². The molecule has 1 saturated heterocycles. The van der Waals surface area contributed by atoms with Crippen molar-refractivity contribution in [2.45, 2.75) is 33.2 Å². The van der Waals surface area contributed by atoms with Gasteiger partial charge in [-0.05, 0) is 52.5 Å². The van der Waals surface area contributed by atoms with Gasteiger partial charge in [-0.3, -0.25) is 4.90 Å². The quantitative estimate of drug-likeness (QED) is 0.224. The number of para-hydroxylation sites is 1. The number of fused-ring (bicyclic) bond motifs is 1. The van der Waals surface area contributed by atoms with E-state index in [0.29, 0.717) is 5.75 Å². The van der Waals surface area contributed by atoms with E-state index in [1.807, 2.05) is 44.2 Å². The highest BCUT2D eigenvalue weighted by Gasteiger charge is 2.21. The second kappa shape index (κ2) is 19.4. The highest BCUT2D eigenvalue weighted by atomic mass is 32.2. The third-order valence-electron chi connectivity index (χ3n) is 5.88. The second-order valence-corrected chi connectivity index (χ2v) is 10.8. The SMILES string of the molecule is C=C.C=CCC=C(C)C=C.CCS(=O)N1CCN(Cc2nc(NCCCN(C)C)c3ccccc3n2)CC1. The lowest BCUT2D eigenvalue weighted by molar-refractivity contribution is 0.182. The number of allylic oxidation sites excluding steroid dienone is 4. The molecule has 0 radical (unpaired) electrons. The number of hydrogen-bond donors (Lipinski definition) is 1. The van der Waals surface area contributed by atoms with Crippen molar-refractivity contribution < 1.29 is 4.21 Å². The van der Waals surface area contributed by atoms with Crippen LogP contribution in [0.1, 0.15) is 32.5 Å². The zero-order valence-electron chi connectivity index (χ0n) is 24.0. The van der Waals surface area contributed by atoms with Crippen LogP contribution in [0.2, 0.25) is 0 Å². The van der Waals surface area contributed by atoms with Crippen molar-refractivity contribution in [2.75, 3.05) is 64.4 Å². The zero-order valence-corrected chi connectivity index (χ0v) is 24.8. The van der Waals surface area contributed by atoms with Crippen molar-refractivity contribution in [3.05, 3.63) is 80.2 Å². The number of anilines is 1. The first-order valence-electron chi connectivity index (χ1n) is 13.3. The molecule has 0 bridgehead atoms. The molecule has 0 spiro atoms. The summed E-state index contributed by atoms with van der Waals surface area (Å²) in [6.07, 6.45) is 7.80. The van der Waals surface area contributed by atoms with Gasteiger partial charge in [0.15, 0.2) is 0 Å². The average molecular weight is 541 g/mol. The molecule has 1 N–H and O–H groups in total. The van der Waals surface area contributed by atoms with E-state index < -0.39 is 11.0 Å². The lowest BCUT2D eigenvalue weighted by Crippen LogP contribution is -2.46. The maximum absolute atomic E-state index is 12.0. The van der Waals surface area contributed by atoms with Crippen LogP contribution in [-0.2, 0) is 17.5 Å². The van der Waals surface area contributed by atoms with Crippen molar-refractivity contribution >= 4 is 27.7 Å². The van der Waals surface area contributed by atoms with E-state index in [4.69, 9.17) is 9.97 Å². The monoisotopic (exact) mass is 540 g/mol. The number of aromatic nitrogens is 2. The van der Waals surface area contributed by atoms with Crippen molar-refractivity contribution in [1.82, 2.24) is 24.1 Å². The molecule has 2 heterocycles. The summed E-state index contributed by atoms with van der Waals surface area (Å²) in [4.78, 5) is 14.2. The minimum Gasteiger partial charge on any atom is -0.369 e. The Hall–Kier alpha value is -2.65. The Morgan fingerprint density at radius 3 is 2.42 bits per heavy atom. The second-order valence-electron chi connectivity index (χ2n) is 9.08. The molecule has 1 unspecified atom stereocenters. The lowest BCUT2D eigenvalue weighted by atomic mass is 10.2. The van der Waals surface area contributed by atoms with Crippen LogP contribution in [0.15, 0.2) is 74.4 Å². The summed E-state index contributed by atoms with van der Waals surface area (Å²) in [5.74, 6) is 2.46. The Bertz CT molecular complexity index is 1030. The molecule has 1 aromatic heterocycles. The van der Waals surface area contributed by atoms with Gasteiger partial charge in [0.05, 0.1) is 23.0 Å². The summed E-state index contributed by atoms with van der Waals surface area (Å²) < 4.78 is 14.0. The molecule has 1 fully saturated rings. The molecule has 2 aromatic rings. The van der Waals surface area contributed by atoms with Crippen LogP contribution in [0.3, 0.4) is 0 Å². The van der Waals surface area contributed by atoms with E-state index in [2.05, 4.69) is 72.0 Å². The fraction of sp³-hybridized carbons (Fsp3) is 0.467. The number of nitrogens with one attached hydrogen (secondary N) is 1. The summed E-state index contributed by atoms with van der Waals surface area (Å²) in [5.41, 5.74) is 2.19. The summed E-state index contributed by atoms with van der Waals surface area (Å²) in [7, 11) is 3.34. The fourth-order valence-electron chi connectivity index (χ4n) is 3.76. The van der Waals surface area contributed by atoms with Gasteiger partial charge in [-0.15, -0.1) is 19.7 Å². The van der Waals surface area contributed by atoms with Gasteiger partial charge in [-0.2, -0.15) is 0 Å². The molecule has 38 heavy (non-hydrogen) atoms. The highest BCUT2D eigenvalue weighted by molar-refractivity contribution is 7.82. The van der Waals surface area contributed by atoms with E-state index in [9.17, 15) is 4.21 Å². The number of nitrogens with zero attached hydrogens (tertiary/aromatic N) is 5. The molecule has 1 aromatic carbocycles. The maximum atomic E-state index is 12.0. The third-order valence-corrected chi connectivity index (χ3v) is 7.32. The maximum Gasteiger partial charge on any atom is 0.145 e. The predicted octanol–water partition coefficient (Wildman–Crippen LogP) is 5.29. The average Bonchev–Trinajstić information content (AvgIpc) is 2.95. The first-order valence-corrected chi connectivity index (χ1v) is 14.6. The van der Waals surface area contributed by atoms with Gasteiger partial charge in [0, 0.05) is 43.9 Å². The first-order chi connectivity index (χ1) is 18.4. The molecule has 3 rings (SSSR count). The molecular weight excluding hydrogens is 492 g/mol. The van der Waals surface area contributed by atoms with Crippen LogP contribution >= 0.6 is 0 Å². The van der Waals surface area contributed by atoms with E-state index in [0.717, 1.165) is 81.2 Å². The Balaban J connectivity index is 0.000000620. The number of piperazine rings is 1. The molecule has 1 aliphatic rings. The standard InChI is InChI=1S/C20H32N6OS.C8H12.C2H4/c1-4-28(27)26-14-12-25(13-15-26)16-19-22-18-9-6-5-8-17(18)20(23-19)21-10-7-11-24(2)3;1-4-6-7-8(3)5-2;1-2/h5-6,8-9H,4,7,10-16H2,1-3H3,(H,21,22,23);4-5,7H,1-2,6H2,3H3;1-2H2. The topological polar surface area (TPSA) is 64.6 Å². The molecular formula is C30H48N6OS. The van der Waals surface area contributed by atoms with Crippen LogP contribution in [-0.4, -0.2) is 87.4 Å². The number of hydrogen-bond acceptors (Lipinski definition) is 6. The van der Waals surface area contributed by atoms with Crippen LogP contribution in [0.4, 0.5) is 5.82 Å². The van der Waals surface area contributed by atoms with Gasteiger partial charge >= 0.3 is 0 Å². The van der Waals surface area contributed by atoms with Crippen molar-refractivity contribution in [2.24, 2.45) is 0 Å². The summed E-state index contributed by atoms with van der Waals surface area (Å²) in [6.45, 7) is 23.3. The minimum absolute atomic E-state index is 0.691. The molecule has 0 aliphatic carbocycles. The Morgan fingerprint density at radius 1 is 1.13 bits per heavy atom. The van der Waals surface area contributed by atoms with Crippen LogP contribution in [0, 0.1) is 0 Å². The van der Waals surface area contributed by atoms with Crippen LogP contribution in [0.5, 0.6) is 0 Å². The Morgan fingerprint density at radius 2 is 1.82 bits per heavy atom. The Kier molecular flexibility index (Phi) is 17.1. The van der Waals surface area contributed by atoms with Gasteiger partial charge in [0.1, 0.15) is 11.6 Å². The molecule has 1 atom stereocenters. The van der Waals surface area contributed by atoms with Gasteiger partial charge < -0.3 is 10.2 Å². The van der Waals surface area contributed by atoms with E-state index in [1.54, 1.807) is 0 Å². The molecule has 7 nitrogen and oxygen atoms in total. The summed E-state index contributed by atoms with van der Waals surface area (Å²) in [5, 5.41) is 4.57. The smallest absolute Gasteiger partial charge is 0.145 e. The largest absolute Gasteiger partial charge is 0.369 e. The van der Waals surface area contributed by atoms with Crippen molar-refractivity contribution in [3.8, 4) is 0 Å². The first kappa shape index (κ1) is 33.4. The lowest BCUT2D eigenvalue weighted by Gasteiger charge is -2.33. The minimum atomic E-state index is -0.843. The third kappa shape index (κ3) is 12.3. The molecule has 1 aliphatic heterocycles. The molecule has 8 heteroatoms. The summed E-state index contributed by atoms with van der Waals surface area (Å²) >= 11 is 0. The van der Waals surface area contributed by atoms with Gasteiger partial charge in [-0.1, -0.05) is 49.4 Å². The van der Waals surface area contributed by atoms with Crippen molar-refractivity contribution in [3.63, 3.8) is 0 Å². The molecule has 0 saturated carbocycles. The van der Waals surface area contributed by atoms with Crippen LogP contribution in [0.25, 0.3) is 10.9 Å². The molecule has 210 valence electrons. The Labute approximate surface area is 233 Å². The molecule has 0 amide bonds. The predicted molar refractivity (Wildman–Crippen MR) is 167 cm³/mol.